The molecule has 4 aliphatic rings. The summed E-state index contributed by atoms with van der Waals surface area (Å²) in [6, 6.07) is -1.21. The Balaban J connectivity index is 1.38. The molecule has 6 heteroatoms. The predicted molar refractivity (Wildman–Crippen MR) is 126 cm³/mol. The van der Waals surface area contributed by atoms with Crippen molar-refractivity contribution in [3.05, 3.63) is 0 Å². The van der Waals surface area contributed by atoms with E-state index in [2.05, 4.69) is 26.1 Å². The molecule has 4 rings (SSSR count). The highest BCUT2D eigenvalue weighted by Crippen LogP contribution is 2.68. The number of carbonyl (C=O) groups is 2. The maximum Gasteiger partial charge on any atom is 0.328 e. The minimum absolute atomic E-state index is 0.0921. The summed E-state index contributed by atoms with van der Waals surface area (Å²) in [6.07, 6.45) is 11.9. The van der Waals surface area contributed by atoms with Crippen LogP contribution in [0.4, 0.5) is 0 Å². The summed E-state index contributed by atoms with van der Waals surface area (Å²) < 4.78 is 0. The topological polar surface area (TPSA) is 107 Å². The van der Waals surface area contributed by atoms with Crippen molar-refractivity contribution in [3.63, 3.8) is 0 Å². The standard InChI is InChI=1S/C27H45NO5/c1-16(4-9-24(31)28-23(15-29)25(32)33)20-7-8-21-19-6-5-17-14-18(30)10-12-26(17,2)22(19)11-13-27(20,21)3/h16-23,29-30H,4-15H2,1-3H3,(H,28,31)(H,32,33)/t16-,17-,18-,19+,20-,21+,22+,23+,26+,27-/m1/s1. The third kappa shape index (κ3) is 4.47. The molecule has 0 aliphatic heterocycles. The number of hydrogen-bond acceptors (Lipinski definition) is 4. The molecule has 0 radical (unpaired) electrons. The van der Waals surface area contributed by atoms with Crippen molar-refractivity contribution < 1.29 is 24.9 Å². The van der Waals surface area contributed by atoms with Gasteiger partial charge in [-0.15, -0.1) is 0 Å². The Kier molecular flexibility index (Phi) is 7.18. The average Bonchev–Trinajstić information content (AvgIpc) is 3.13. The third-order valence-corrected chi connectivity index (χ3v) is 11.0. The van der Waals surface area contributed by atoms with Crippen molar-refractivity contribution >= 4 is 11.9 Å². The molecule has 0 unspecified atom stereocenters. The zero-order valence-electron chi connectivity index (χ0n) is 20.8. The smallest absolute Gasteiger partial charge is 0.328 e. The van der Waals surface area contributed by atoms with Gasteiger partial charge in [-0.05, 0) is 111 Å². The monoisotopic (exact) mass is 463 g/mol. The van der Waals surface area contributed by atoms with E-state index in [1.54, 1.807) is 0 Å². The van der Waals surface area contributed by atoms with Crippen molar-refractivity contribution in [2.24, 2.45) is 46.3 Å². The van der Waals surface area contributed by atoms with Crippen LogP contribution >= 0.6 is 0 Å². The van der Waals surface area contributed by atoms with Crippen LogP contribution in [0.25, 0.3) is 0 Å². The molecule has 188 valence electrons. The summed E-state index contributed by atoms with van der Waals surface area (Å²) in [5.74, 6) is 2.63. The van der Waals surface area contributed by atoms with E-state index in [1.807, 2.05) is 0 Å². The van der Waals surface area contributed by atoms with Crippen LogP contribution in [0.15, 0.2) is 0 Å². The lowest BCUT2D eigenvalue weighted by Gasteiger charge is -2.61. The first-order valence-corrected chi connectivity index (χ1v) is 13.4. The van der Waals surface area contributed by atoms with E-state index in [0.717, 1.165) is 37.0 Å². The molecule has 0 aromatic carbocycles. The van der Waals surface area contributed by atoms with Gasteiger partial charge in [0.2, 0.25) is 5.91 Å². The molecule has 0 bridgehead atoms. The number of carbonyl (C=O) groups excluding carboxylic acids is 1. The molecule has 0 aromatic heterocycles. The summed E-state index contributed by atoms with van der Waals surface area (Å²) in [4.78, 5) is 23.3. The Morgan fingerprint density at radius 1 is 1.00 bits per heavy atom. The molecule has 0 aromatic rings. The number of rotatable bonds is 7. The number of aliphatic hydroxyl groups is 2. The van der Waals surface area contributed by atoms with Crippen molar-refractivity contribution in [2.75, 3.05) is 6.61 Å². The van der Waals surface area contributed by atoms with E-state index in [-0.39, 0.29) is 12.0 Å². The maximum absolute atomic E-state index is 12.3. The van der Waals surface area contributed by atoms with Crippen molar-refractivity contribution in [2.45, 2.75) is 104 Å². The molecule has 4 saturated carbocycles. The second-order valence-electron chi connectivity index (χ2n) is 12.5. The molecule has 10 atom stereocenters. The van der Waals surface area contributed by atoms with Crippen molar-refractivity contribution in [1.29, 1.82) is 0 Å². The first kappa shape index (κ1) is 25.0. The number of hydrogen-bond donors (Lipinski definition) is 4. The lowest BCUT2D eigenvalue weighted by Crippen LogP contribution is -2.54. The zero-order valence-corrected chi connectivity index (χ0v) is 20.8. The Bertz CT molecular complexity index is 742. The van der Waals surface area contributed by atoms with Crippen LogP contribution in [0.1, 0.15) is 91.4 Å². The fraction of sp³-hybridized carbons (Fsp3) is 0.926. The second-order valence-corrected chi connectivity index (χ2v) is 12.5. The van der Waals surface area contributed by atoms with Crippen LogP contribution in [-0.2, 0) is 9.59 Å². The van der Waals surface area contributed by atoms with Crippen LogP contribution in [0, 0.1) is 46.3 Å². The maximum atomic E-state index is 12.3. The lowest BCUT2D eigenvalue weighted by molar-refractivity contribution is -0.143. The van der Waals surface area contributed by atoms with Gasteiger partial charge in [-0.25, -0.2) is 4.79 Å². The van der Waals surface area contributed by atoms with Gasteiger partial charge in [0.15, 0.2) is 0 Å². The lowest BCUT2D eigenvalue weighted by atomic mass is 9.44. The molecule has 4 fully saturated rings. The fourth-order valence-electron chi connectivity index (χ4n) is 9.22. The Morgan fingerprint density at radius 3 is 2.39 bits per heavy atom. The van der Waals surface area contributed by atoms with Gasteiger partial charge < -0.3 is 20.6 Å². The number of aliphatic carboxylic acids is 1. The van der Waals surface area contributed by atoms with Crippen LogP contribution < -0.4 is 5.32 Å². The number of aliphatic hydroxyl groups excluding tert-OH is 2. The normalized spacial score (nSPS) is 44.2. The molecule has 0 spiro atoms. The van der Waals surface area contributed by atoms with E-state index in [0.29, 0.717) is 35.0 Å². The average molecular weight is 464 g/mol. The minimum Gasteiger partial charge on any atom is -0.480 e. The van der Waals surface area contributed by atoms with Gasteiger partial charge in [0.05, 0.1) is 12.7 Å². The molecule has 33 heavy (non-hydrogen) atoms. The molecular weight excluding hydrogens is 418 g/mol. The van der Waals surface area contributed by atoms with Gasteiger partial charge in [-0.2, -0.15) is 0 Å². The largest absolute Gasteiger partial charge is 0.480 e. The molecule has 1 amide bonds. The summed E-state index contributed by atoms with van der Waals surface area (Å²) in [7, 11) is 0. The Morgan fingerprint density at radius 2 is 1.70 bits per heavy atom. The molecule has 0 heterocycles. The van der Waals surface area contributed by atoms with Gasteiger partial charge in [0.25, 0.3) is 0 Å². The quantitative estimate of drug-likeness (QED) is 0.457. The van der Waals surface area contributed by atoms with E-state index in [1.165, 1.54) is 44.9 Å². The number of amides is 1. The Hall–Kier alpha value is -1.14. The highest BCUT2D eigenvalue weighted by Gasteiger charge is 2.60. The third-order valence-electron chi connectivity index (χ3n) is 11.0. The minimum atomic E-state index is -1.21. The van der Waals surface area contributed by atoms with Gasteiger partial charge in [-0.3, -0.25) is 4.79 Å². The highest BCUT2D eigenvalue weighted by molar-refractivity contribution is 5.83. The van der Waals surface area contributed by atoms with Crippen LogP contribution in [0.5, 0.6) is 0 Å². The van der Waals surface area contributed by atoms with Crippen LogP contribution in [-0.4, -0.2) is 45.9 Å². The Labute approximate surface area is 198 Å². The molecule has 0 saturated heterocycles. The van der Waals surface area contributed by atoms with Gasteiger partial charge in [-0.1, -0.05) is 20.8 Å². The van der Waals surface area contributed by atoms with Gasteiger partial charge >= 0.3 is 5.97 Å². The number of fused-ring (bicyclic) bond motifs is 5. The highest BCUT2D eigenvalue weighted by atomic mass is 16.4. The number of carboxylic acids is 1. The van der Waals surface area contributed by atoms with Crippen LogP contribution in [0.2, 0.25) is 0 Å². The SMILES string of the molecule is C[C@H](CCC(=O)N[C@@H](CO)C(=O)O)[C@H]1CC[C@H]2[C@@H]3CC[C@@H]4C[C@H](O)CC[C@]4(C)[C@H]3CC[C@]12C. The van der Waals surface area contributed by atoms with E-state index >= 15 is 0 Å². The molecule has 6 nitrogen and oxygen atoms in total. The first-order valence-electron chi connectivity index (χ1n) is 13.4. The van der Waals surface area contributed by atoms with E-state index < -0.39 is 18.6 Å². The van der Waals surface area contributed by atoms with E-state index in [4.69, 9.17) is 10.2 Å². The number of nitrogens with one attached hydrogen (secondary N) is 1. The number of carboxylic acid groups (broad SMARTS) is 1. The van der Waals surface area contributed by atoms with E-state index in [9.17, 15) is 14.7 Å². The molecule has 4 aliphatic carbocycles. The first-order chi connectivity index (χ1) is 15.6. The fourth-order valence-corrected chi connectivity index (χ4v) is 9.22. The summed E-state index contributed by atoms with van der Waals surface area (Å²) in [5.41, 5.74) is 0.738. The molecular formula is C27H45NO5. The second kappa shape index (κ2) is 9.49. The van der Waals surface area contributed by atoms with Crippen molar-refractivity contribution in [1.82, 2.24) is 5.32 Å². The van der Waals surface area contributed by atoms with Gasteiger partial charge in [0.1, 0.15) is 6.04 Å². The van der Waals surface area contributed by atoms with Gasteiger partial charge in [0, 0.05) is 6.42 Å². The molecule has 4 N–H and O–H groups in total. The summed E-state index contributed by atoms with van der Waals surface area (Å²) in [6.45, 7) is 6.75. The predicted octanol–water partition coefficient (Wildman–Crippen LogP) is 3.98. The summed E-state index contributed by atoms with van der Waals surface area (Å²) in [5, 5.41) is 30.9. The summed E-state index contributed by atoms with van der Waals surface area (Å²) >= 11 is 0. The van der Waals surface area contributed by atoms with Crippen LogP contribution in [0.3, 0.4) is 0 Å². The van der Waals surface area contributed by atoms with Crippen molar-refractivity contribution in [3.8, 4) is 0 Å². The zero-order chi connectivity index (χ0) is 24.0.